The smallest absolute Gasteiger partial charge is 0.242 e. The highest BCUT2D eigenvalue weighted by Crippen LogP contribution is 2.16. The fourth-order valence-corrected chi connectivity index (χ4v) is 2.01. The molecule has 84 valence electrons. The second-order valence-electron chi connectivity index (χ2n) is 4.11. The number of nitrogens with one attached hydrogen (secondary N) is 1. The Morgan fingerprint density at radius 2 is 2.07 bits per heavy atom. The molecule has 0 aromatic heterocycles. The third-order valence-electron chi connectivity index (χ3n) is 2.94. The molecule has 15 heavy (non-hydrogen) atoms. The Kier molecular flexibility index (Phi) is 3.20. The van der Waals surface area contributed by atoms with Gasteiger partial charge in [-0.15, -0.1) is 0 Å². The molecule has 0 aliphatic carbocycles. The first kappa shape index (κ1) is 10.4. The van der Waals surface area contributed by atoms with Crippen LogP contribution in [0.1, 0.15) is 12.8 Å². The molecular formula is C10H16N2O3. The molecule has 0 aromatic rings. The van der Waals surface area contributed by atoms with Crippen molar-refractivity contribution in [3.05, 3.63) is 0 Å². The molecule has 2 aliphatic heterocycles. The van der Waals surface area contributed by atoms with Crippen LogP contribution in [0.25, 0.3) is 0 Å². The second kappa shape index (κ2) is 4.61. The van der Waals surface area contributed by atoms with Crippen LogP contribution in [0.4, 0.5) is 0 Å². The Morgan fingerprint density at radius 3 is 2.80 bits per heavy atom. The summed E-state index contributed by atoms with van der Waals surface area (Å²) in [5.41, 5.74) is 0. The standard InChI is InChI=1S/C10H16N2O3/c13-9-7-12(10(14)5-11-9)6-8-1-3-15-4-2-8/h8H,1-7H2,(H,11,13). The first-order chi connectivity index (χ1) is 7.25. The summed E-state index contributed by atoms with van der Waals surface area (Å²) in [4.78, 5) is 24.3. The molecule has 0 bridgehead atoms. The van der Waals surface area contributed by atoms with Crippen molar-refractivity contribution >= 4 is 11.8 Å². The van der Waals surface area contributed by atoms with Crippen LogP contribution in [0.5, 0.6) is 0 Å². The number of hydrogen-bond acceptors (Lipinski definition) is 3. The van der Waals surface area contributed by atoms with Gasteiger partial charge in [-0.25, -0.2) is 0 Å². The first-order valence-corrected chi connectivity index (χ1v) is 5.38. The van der Waals surface area contributed by atoms with E-state index in [1.165, 1.54) is 0 Å². The fourth-order valence-electron chi connectivity index (χ4n) is 2.01. The van der Waals surface area contributed by atoms with E-state index in [-0.39, 0.29) is 24.9 Å². The summed E-state index contributed by atoms with van der Waals surface area (Å²) in [6.07, 6.45) is 1.98. The van der Waals surface area contributed by atoms with Gasteiger partial charge in [0.2, 0.25) is 11.8 Å². The van der Waals surface area contributed by atoms with Crippen LogP contribution in [0.2, 0.25) is 0 Å². The number of hydrogen-bond donors (Lipinski definition) is 1. The normalized spacial score (nSPS) is 24.1. The number of carbonyl (C=O) groups is 2. The van der Waals surface area contributed by atoms with E-state index in [0.717, 1.165) is 26.1 Å². The summed E-state index contributed by atoms with van der Waals surface area (Å²) in [7, 11) is 0. The van der Waals surface area contributed by atoms with Crippen LogP contribution >= 0.6 is 0 Å². The summed E-state index contributed by atoms with van der Waals surface area (Å²) in [5, 5.41) is 2.54. The van der Waals surface area contributed by atoms with Gasteiger partial charge in [-0.05, 0) is 18.8 Å². The summed E-state index contributed by atoms with van der Waals surface area (Å²) in [6, 6.07) is 0. The van der Waals surface area contributed by atoms with Crippen molar-refractivity contribution in [2.45, 2.75) is 12.8 Å². The Morgan fingerprint density at radius 1 is 1.33 bits per heavy atom. The molecule has 2 fully saturated rings. The van der Waals surface area contributed by atoms with Crippen LogP contribution in [-0.4, -0.2) is 49.6 Å². The zero-order valence-corrected chi connectivity index (χ0v) is 8.70. The van der Waals surface area contributed by atoms with E-state index in [2.05, 4.69) is 5.32 Å². The predicted molar refractivity (Wildman–Crippen MR) is 53.1 cm³/mol. The largest absolute Gasteiger partial charge is 0.381 e. The molecule has 5 nitrogen and oxygen atoms in total. The molecule has 0 radical (unpaired) electrons. The molecule has 2 saturated heterocycles. The van der Waals surface area contributed by atoms with Crippen LogP contribution in [0.15, 0.2) is 0 Å². The maximum absolute atomic E-state index is 11.5. The Balaban J connectivity index is 1.85. The summed E-state index contributed by atoms with van der Waals surface area (Å²) in [6.45, 7) is 2.63. The molecule has 0 aromatic carbocycles. The number of nitrogens with zero attached hydrogens (tertiary/aromatic N) is 1. The first-order valence-electron chi connectivity index (χ1n) is 5.38. The van der Waals surface area contributed by atoms with Gasteiger partial charge in [0.1, 0.15) is 0 Å². The molecule has 2 aliphatic rings. The van der Waals surface area contributed by atoms with Crippen molar-refractivity contribution in [1.82, 2.24) is 10.2 Å². The lowest BCUT2D eigenvalue weighted by Crippen LogP contribution is -2.53. The Bertz CT molecular complexity index is 261. The topological polar surface area (TPSA) is 58.6 Å². The van der Waals surface area contributed by atoms with Crippen molar-refractivity contribution in [2.75, 3.05) is 32.8 Å². The third kappa shape index (κ3) is 2.68. The average Bonchev–Trinajstić information content (AvgIpc) is 2.25. The van der Waals surface area contributed by atoms with Gasteiger partial charge >= 0.3 is 0 Å². The van der Waals surface area contributed by atoms with E-state index in [1.807, 2.05) is 0 Å². The van der Waals surface area contributed by atoms with Crippen molar-refractivity contribution in [2.24, 2.45) is 5.92 Å². The van der Waals surface area contributed by atoms with Gasteiger partial charge in [-0.2, -0.15) is 0 Å². The maximum Gasteiger partial charge on any atom is 0.242 e. The second-order valence-corrected chi connectivity index (χ2v) is 4.11. The number of rotatable bonds is 2. The van der Waals surface area contributed by atoms with E-state index in [4.69, 9.17) is 4.74 Å². The van der Waals surface area contributed by atoms with Gasteiger partial charge in [0.15, 0.2) is 0 Å². The van der Waals surface area contributed by atoms with E-state index in [9.17, 15) is 9.59 Å². The molecular weight excluding hydrogens is 196 g/mol. The number of ether oxygens (including phenoxy) is 1. The maximum atomic E-state index is 11.5. The molecule has 2 amide bonds. The predicted octanol–water partition coefficient (Wildman–Crippen LogP) is -0.629. The van der Waals surface area contributed by atoms with Gasteiger partial charge < -0.3 is 15.0 Å². The SMILES string of the molecule is O=C1CN(CC2CCOCC2)C(=O)CN1. The van der Waals surface area contributed by atoms with Crippen LogP contribution in [-0.2, 0) is 14.3 Å². The third-order valence-corrected chi connectivity index (χ3v) is 2.94. The molecule has 0 unspecified atom stereocenters. The van der Waals surface area contributed by atoms with E-state index < -0.39 is 0 Å². The van der Waals surface area contributed by atoms with E-state index in [1.54, 1.807) is 4.90 Å². The summed E-state index contributed by atoms with van der Waals surface area (Å²) >= 11 is 0. The zero-order chi connectivity index (χ0) is 10.7. The van der Waals surface area contributed by atoms with Crippen molar-refractivity contribution in [3.8, 4) is 0 Å². The molecule has 0 spiro atoms. The van der Waals surface area contributed by atoms with Crippen LogP contribution in [0, 0.1) is 5.92 Å². The van der Waals surface area contributed by atoms with E-state index in [0.29, 0.717) is 12.5 Å². The van der Waals surface area contributed by atoms with Crippen molar-refractivity contribution in [3.63, 3.8) is 0 Å². The average molecular weight is 212 g/mol. The lowest BCUT2D eigenvalue weighted by Gasteiger charge is -2.31. The minimum atomic E-state index is -0.0540. The monoisotopic (exact) mass is 212 g/mol. The van der Waals surface area contributed by atoms with Gasteiger partial charge in [0.25, 0.3) is 0 Å². The van der Waals surface area contributed by atoms with Crippen molar-refractivity contribution in [1.29, 1.82) is 0 Å². The molecule has 2 rings (SSSR count). The summed E-state index contributed by atoms with van der Waals surface area (Å²) < 4.78 is 5.25. The number of carbonyl (C=O) groups excluding carboxylic acids is 2. The summed E-state index contributed by atoms with van der Waals surface area (Å²) in [5.74, 6) is 0.469. The number of piperazine rings is 1. The van der Waals surface area contributed by atoms with Crippen LogP contribution < -0.4 is 5.32 Å². The zero-order valence-electron chi connectivity index (χ0n) is 8.70. The Hall–Kier alpha value is -1.10. The lowest BCUT2D eigenvalue weighted by atomic mass is 9.99. The highest BCUT2D eigenvalue weighted by atomic mass is 16.5. The fraction of sp³-hybridized carbons (Fsp3) is 0.800. The molecule has 1 N–H and O–H groups in total. The Labute approximate surface area is 88.8 Å². The van der Waals surface area contributed by atoms with E-state index >= 15 is 0 Å². The quantitative estimate of drug-likeness (QED) is 0.663. The van der Waals surface area contributed by atoms with Gasteiger partial charge in [0, 0.05) is 19.8 Å². The molecule has 0 saturated carbocycles. The number of amides is 2. The van der Waals surface area contributed by atoms with Gasteiger partial charge in [0.05, 0.1) is 13.1 Å². The molecule has 0 atom stereocenters. The van der Waals surface area contributed by atoms with Crippen molar-refractivity contribution < 1.29 is 14.3 Å². The van der Waals surface area contributed by atoms with Gasteiger partial charge in [-0.1, -0.05) is 0 Å². The lowest BCUT2D eigenvalue weighted by molar-refractivity contribution is -0.141. The highest BCUT2D eigenvalue weighted by molar-refractivity contribution is 5.92. The minimum Gasteiger partial charge on any atom is -0.381 e. The highest BCUT2D eigenvalue weighted by Gasteiger charge is 2.26. The molecule has 5 heteroatoms. The van der Waals surface area contributed by atoms with Crippen LogP contribution in [0.3, 0.4) is 0 Å². The minimum absolute atomic E-state index is 0.0288. The van der Waals surface area contributed by atoms with Gasteiger partial charge in [-0.3, -0.25) is 9.59 Å². The molecule has 2 heterocycles.